The molecule has 0 saturated heterocycles. The molecule has 0 aliphatic rings. The van der Waals surface area contributed by atoms with Gasteiger partial charge >= 0.3 is 0 Å². The van der Waals surface area contributed by atoms with E-state index in [0.717, 1.165) is 20.5 Å². The quantitative estimate of drug-likeness (QED) is 0.656. The van der Waals surface area contributed by atoms with Gasteiger partial charge in [0.25, 0.3) is 0 Å². The van der Waals surface area contributed by atoms with Crippen LogP contribution in [0.2, 0.25) is 5.02 Å². The third-order valence-corrected chi connectivity index (χ3v) is 4.67. The van der Waals surface area contributed by atoms with Crippen molar-refractivity contribution in [2.24, 2.45) is 0 Å². The number of halogens is 3. The van der Waals surface area contributed by atoms with Crippen LogP contribution >= 0.6 is 43.5 Å². The first-order valence-electron chi connectivity index (χ1n) is 6.47. The monoisotopic (exact) mass is 415 g/mol. The minimum Gasteiger partial charge on any atom is -0.306 e. The topological polar surface area (TPSA) is 12.0 Å². The van der Waals surface area contributed by atoms with Crippen LogP contribution in [-0.4, -0.2) is 6.54 Å². The third-order valence-electron chi connectivity index (χ3n) is 3.22. The zero-order valence-electron chi connectivity index (χ0n) is 11.4. The molecule has 0 aromatic heterocycles. The molecule has 0 aliphatic carbocycles. The van der Waals surface area contributed by atoms with Crippen LogP contribution in [0.15, 0.2) is 45.3 Å². The van der Waals surface area contributed by atoms with Crippen LogP contribution in [0.5, 0.6) is 0 Å². The molecule has 0 aliphatic heterocycles. The van der Waals surface area contributed by atoms with E-state index in [1.165, 1.54) is 16.7 Å². The first kappa shape index (κ1) is 16.0. The van der Waals surface area contributed by atoms with Gasteiger partial charge in [-0.25, -0.2) is 0 Å². The Bertz CT molecular complexity index is 613. The van der Waals surface area contributed by atoms with Crippen LogP contribution in [-0.2, 0) is 0 Å². The van der Waals surface area contributed by atoms with Crippen molar-refractivity contribution in [1.82, 2.24) is 5.32 Å². The van der Waals surface area contributed by atoms with Gasteiger partial charge in [0.2, 0.25) is 0 Å². The van der Waals surface area contributed by atoms with Gasteiger partial charge in [0.05, 0.1) is 6.04 Å². The highest BCUT2D eigenvalue weighted by molar-refractivity contribution is 9.11. The van der Waals surface area contributed by atoms with Crippen LogP contribution in [0.4, 0.5) is 0 Å². The average Bonchev–Trinajstić information content (AvgIpc) is 2.40. The number of benzene rings is 2. The average molecular weight is 418 g/mol. The molecule has 2 rings (SSSR count). The Morgan fingerprint density at radius 3 is 2.50 bits per heavy atom. The number of rotatable bonds is 4. The van der Waals surface area contributed by atoms with Crippen LogP contribution in [0.25, 0.3) is 0 Å². The maximum absolute atomic E-state index is 6.06. The first-order valence-corrected chi connectivity index (χ1v) is 8.43. The van der Waals surface area contributed by atoms with E-state index in [0.29, 0.717) is 0 Å². The molecular formula is C16H16Br2ClN. The van der Waals surface area contributed by atoms with E-state index in [4.69, 9.17) is 11.6 Å². The number of hydrogen-bond acceptors (Lipinski definition) is 1. The standard InChI is InChI=1S/C16H16Br2ClN/c1-3-20-16(13-6-5-12(19)8-10(13)2)14-9-11(17)4-7-15(14)18/h4-9,16,20H,3H2,1-2H3. The molecule has 2 aromatic carbocycles. The Hall–Kier alpha value is -0.350. The van der Waals surface area contributed by atoms with Crippen molar-refractivity contribution in [2.45, 2.75) is 19.9 Å². The second-order valence-electron chi connectivity index (χ2n) is 4.66. The minimum atomic E-state index is 0.143. The highest BCUT2D eigenvalue weighted by Crippen LogP contribution is 2.33. The van der Waals surface area contributed by atoms with Crippen LogP contribution in [0.1, 0.15) is 29.7 Å². The summed E-state index contributed by atoms with van der Waals surface area (Å²) < 4.78 is 2.17. The van der Waals surface area contributed by atoms with Gasteiger partial charge in [0.1, 0.15) is 0 Å². The van der Waals surface area contributed by atoms with Crippen molar-refractivity contribution in [3.63, 3.8) is 0 Å². The lowest BCUT2D eigenvalue weighted by Gasteiger charge is -2.22. The number of aryl methyl sites for hydroxylation is 1. The summed E-state index contributed by atoms with van der Waals surface area (Å²) in [5, 5.41) is 4.32. The molecule has 0 heterocycles. The summed E-state index contributed by atoms with van der Waals surface area (Å²) in [7, 11) is 0. The predicted molar refractivity (Wildman–Crippen MR) is 93.6 cm³/mol. The van der Waals surface area contributed by atoms with Gasteiger partial charge in [0.15, 0.2) is 0 Å². The predicted octanol–water partition coefficient (Wildman–Crippen LogP) is 5.87. The second kappa shape index (κ2) is 7.08. The van der Waals surface area contributed by atoms with Gasteiger partial charge in [-0.15, -0.1) is 0 Å². The molecule has 0 spiro atoms. The minimum absolute atomic E-state index is 0.143. The SMILES string of the molecule is CCNC(c1ccc(Cl)cc1C)c1cc(Br)ccc1Br. The zero-order valence-corrected chi connectivity index (χ0v) is 15.3. The van der Waals surface area contributed by atoms with E-state index in [9.17, 15) is 0 Å². The van der Waals surface area contributed by atoms with Gasteiger partial charge in [-0.1, -0.05) is 56.5 Å². The van der Waals surface area contributed by atoms with Gasteiger partial charge in [-0.2, -0.15) is 0 Å². The fourth-order valence-corrected chi connectivity index (χ4v) is 3.37. The highest BCUT2D eigenvalue weighted by atomic mass is 79.9. The Morgan fingerprint density at radius 2 is 1.85 bits per heavy atom. The Labute approximate surface area is 142 Å². The molecule has 20 heavy (non-hydrogen) atoms. The lowest BCUT2D eigenvalue weighted by Crippen LogP contribution is -2.23. The molecule has 0 radical (unpaired) electrons. The maximum Gasteiger partial charge on any atom is 0.0590 e. The lowest BCUT2D eigenvalue weighted by atomic mass is 9.95. The van der Waals surface area contributed by atoms with Gasteiger partial charge < -0.3 is 5.32 Å². The molecule has 1 unspecified atom stereocenters. The van der Waals surface area contributed by atoms with Gasteiger partial charge in [-0.3, -0.25) is 0 Å². The number of hydrogen-bond donors (Lipinski definition) is 1. The molecule has 0 bridgehead atoms. The Morgan fingerprint density at radius 1 is 1.10 bits per heavy atom. The molecule has 106 valence electrons. The molecular weight excluding hydrogens is 401 g/mol. The molecule has 1 N–H and O–H groups in total. The van der Waals surface area contributed by atoms with Crippen molar-refractivity contribution in [1.29, 1.82) is 0 Å². The Balaban J connectivity index is 2.53. The summed E-state index contributed by atoms with van der Waals surface area (Å²) in [4.78, 5) is 0. The largest absolute Gasteiger partial charge is 0.306 e. The van der Waals surface area contributed by atoms with Crippen molar-refractivity contribution >= 4 is 43.5 Å². The van der Waals surface area contributed by atoms with Crippen LogP contribution in [0, 0.1) is 6.92 Å². The maximum atomic E-state index is 6.06. The normalized spacial score (nSPS) is 12.4. The fourth-order valence-electron chi connectivity index (χ4n) is 2.29. The first-order chi connectivity index (χ1) is 9.52. The van der Waals surface area contributed by atoms with E-state index in [-0.39, 0.29) is 6.04 Å². The summed E-state index contributed by atoms with van der Waals surface area (Å²) in [5.41, 5.74) is 3.65. The molecule has 0 saturated carbocycles. The summed E-state index contributed by atoms with van der Waals surface area (Å²) in [6, 6.07) is 12.4. The second-order valence-corrected chi connectivity index (χ2v) is 6.86. The van der Waals surface area contributed by atoms with E-state index >= 15 is 0 Å². The lowest BCUT2D eigenvalue weighted by molar-refractivity contribution is 0.625. The zero-order chi connectivity index (χ0) is 14.7. The summed E-state index contributed by atoms with van der Waals surface area (Å²) in [5.74, 6) is 0. The summed E-state index contributed by atoms with van der Waals surface area (Å²) in [6.07, 6.45) is 0. The number of nitrogens with one attached hydrogen (secondary N) is 1. The van der Waals surface area contributed by atoms with E-state index in [2.05, 4.69) is 69.2 Å². The smallest absolute Gasteiger partial charge is 0.0590 e. The summed E-state index contributed by atoms with van der Waals surface area (Å²) in [6.45, 7) is 5.10. The van der Waals surface area contributed by atoms with Gasteiger partial charge in [0, 0.05) is 14.0 Å². The molecule has 0 fully saturated rings. The van der Waals surface area contributed by atoms with E-state index < -0.39 is 0 Å². The Kier molecular flexibility index (Phi) is 5.67. The van der Waals surface area contributed by atoms with E-state index in [1.807, 2.05) is 18.2 Å². The van der Waals surface area contributed by atoms with Crippen molar-refractivity contribution in [3.05, 3.63) is 67.1 Å². The van der Waals surface area contributed by atoms with Crippen molar-refractivity contribution < 1.29 is 0 Å². The van der Waals surface area contributed by atoms with Crippen LogP contribution < -0.4 is 5.32 Å². The highest BCUT2D eigenvalue weighted by Gasteiger charge is 2.18. The molecule has 0 amide bonds. The van der Waals surface area contributed by atoms with Crippen LogP contribution in [0.3, 0.4) is 0 Å². The van der Waals surface area contributed by atoms with Crippen molar-refractivity contribution in [3.8, 4) is 0 Å². The third kappa shape index (κ3) is 3.64. The van der Waals surface area contributed by atoms with Crippen molar-refractivity contribution in [2.75, 3.05) is 6.54 Å². The fraction of sp³-hybridized carbons (Fsp3) is 0.250. The molecule has 1 atom stereocenters. The summed E-state index contributed by atoms with van der Waals surface area (Å²) >= 11 is 13.3. The molecule has 4 heteroatoms. The van der Waals surface area contributed by atoms with E-state index in [1.54, 1.807) is 0 Å². The van der Waals surface area contributed by atoms with Gasteiger partial charge in [-0.05, 0) is 60.5 Å². The molecule has 2 aromatic rings. The molecule has 1 nitrogen and oxygen atoms in total.